The van der Waals surface area contributed by atoms with Gasteiger partial charge in [-0.3, -0.25) is 0 Å². The van der Waals surface area contributed by atoms with Gasteiger partial charge in [0.15, 0.2) is 11.5 Å². The normalized spacial score (nSPS) is 10.1. The predicted molar refractivity (Wildman–Crippen MR) is 87.9 cm³/mol. The lowest BCUT2D eigenvalue weighted by Crippen LogP contribution is -1.99. The first-order valence-electron chi connectivity index (χ1n) is 6.21. The highest BCUT2D eigenvalue weighted by atomic mass is 79.9. The Balaban J connectivity index is 2.33. The van der Waals surface area contributed by atoms with E-state index < -0.39 is 0 Å². The second-order valence-corrected chi connectivity index (χ2v) is 5.12. The fourth-order valence-corrected chi connectivity index (χ4v) is 2.44. The summed E-state index contributed by atoms with van der Waals surface area (Å²) in [6.45, 7) is 0. The summed E-state index contributed by atoms with van der Waals surface area (Å²) in [5, 5.41) is 3.24. The van der Waals surface area contributed by atoms with Crippen molar-refractivity contribution in [3.8, 4) is 17.2 Å². The fourth-order valence-electron chi connectivity index (χ4n) is 1.90. The van der Waals surface area contributed by atoms with Gasteiger partial charge in [0.1, 0.15) is 5.75 Å². The molecule has 0 saturated heterocycles. The molecule has 0 aliphatic carbocycles. The van der Waals surface area contributed by atoms with Gasteiger partial charge in [0, 0.05) is 17.8 Å². The molecule has 0 radical (unpaired) electrons. The predicted octanol–water partition coefficient (Wildman–Crippen LogP) is 3.80. The van der Waals surface area contributed by atoms with Crippen LogP contribution in [0.3, 0.4) is 0 Å². The molecule has 0 saturated carbocycles. The number of hydrogen-bond acceptors (Lipinski definition) is 5. The summed E-state index contributed by atoms with van der Waals surface area (Å²) in [7, 11) is 4.78. The van der Waals surface area contributed by atoms with E-state index in [1.165, 1.54) is 0 Å². The smallest absolute Gasteiger partial charge is 0.162 e. The molecule has 112 valence electrons. The lowest BCUT2D eigenvalue weighted by atomic mass is 10.2. The Kier molecular flexibility index (Phi) is 4.80. The Morgan fingerprint density at radius 2 is 1.52 bits per heavy atom. The van der Waals surface area contributed by atoms with Gasteiger partial charge in [0.05, 0.1) is 37.2 Å². The van der Waals surface area contributed by atoms with Crippen LogP contribution < -0.4 is 25.3 Å². The summed E-state index contributed by atoms with van der Waals surface area (Å²) in [6.07, 6.45) is 0. The van der Waals surface area contributed by atoms with Gasteiger partial charge in [0.25, 0.3) is 0 Å². The standard InChI is InChI=1S/C15H17BrN2O3/c1-19-13-5-4-9(6-10(13)16)18-12-8-15(21-3)14(20-2)7-11(12)17/h4-8,18H,17H2,1-3H3. The number of methoxy groups -OCH3 is 3. The van der Waals surface area contributed by atoms with Crippen LogP contribution in [0.2, 0.25) is 0 Å². The van der Waals surface area contributed by atoms with Crippen LogP contribution in [0.25, 0.3) is 0 Å². The average molecular weight is 353 g/mol. The number of ether oxygens (including phenoxy) is 3. The van der Waals surface area contributed by atoms with E-state index in [4.69, 9.17) is 19.9 Å². The molecule has 0 fully saturated rings. The van der Waals surface area contributed by atoms with E-state index in [0.717, 1.165) is 21.6 Å². The molecular weight excluding hydrogens is 336 g/mol. The molecule has 21 heavy (non-hydrogen) atoms. The number of nitrogens with two attached hydrogens (primary N) is 1. The average Bonchev–Trinajstić information content (AvgIpc) is 2.49. The minimum Gasteiger partial charge on any atom is -0.496 e. The zero-order chi connectivity index (χ0) is 15.4. The molecule has 0 unspecified atom stereocenters. The van der Waals surface area contributed by atoms with Crippen molar-refractivity contribution in [2.45, 2.75) is 0 Å². The van der Waals surface area contributed by atoms with Crippen molar-refractivity contribution in [1.82, 2.24) is 0 Å². The summed E-state index contributed by atoms with van der Waals surface area (Å²) in [5.74, 6) is 1.97. The van der Waals surface area contributed by atoms with E-state index in [1.807, 2.05) is 18.2 Å². The van der Waals surface area contributed by atoms with Gasteiger partial charge >= 0.3 is 0 Å². The van der Waals surface area contributed by atoms with Crippen molar-refractivity contribution in [1.29, 1.82) is 0 Å². The third kappa shape index (κ3) is 3.33. The molecule has 2 aromatic rings. The van der Waals surface area contributed by atoms with Crippen LogP contribution in [0.4, 0.5) is 17.1 Å². The van der Waals surface area contributed by atoms with Crippen molar-refractivity contribution in [3.05, 3.63) is 34.8 Å². The molecule has 0 aromatic heterocycles. The summed E-state index contributed by atoms with van der Waals surface area (Å²) in [4.78, 5) is 0. The number of benzene rings is 2. The Hall–Kier alpha value is -2.08. The van der Waals surface area contributed by atoms with E-state index in [1.54, 1.807) is 33.5 Å². The maximum absolute atomic E-state index is 6.03. The Morgan fingerprint density at radius 3 is 2.10 bits per heavy atom. The molecular formula is C15H17BrN2O3. The largest absolute Gasteiger partial charge is 0.496 e. The van der Waals surface area contributed by atoms with Crippen LogP contribution in [0.15, 0.2) is 34.8 Å². The molecule has 0 spiro atoms. The molecule has 0 atom stereocenters. The first-order valence-corrected chi connectivity index (χ1v) is 7.00. The molecule has 6 heteroatoms. The highest BCUT2D eigenvalue weighted by Crippen LogP contribution is 2.37. The maximum Gasteiger partial charge on any atom is 0.162 e. The third-order valence-corrected chi connectivity index (χ3v) is 3.61. The van der Waals surface area contributed by atoms with Gasteiger partial charge in [-0.05, 0) is 34.1 Å². The molecule has 0 amide bonds. The molecule has 0 bridgehead atoms. The van der Waals surface area contributed by atoms with Crippen molar-refractivity contribution in [2.24, 2.45) is 0 Å². The molecule has 5 nitrogen and oxygen atoms in total. The lowest BCUT2D eigenvalue weighted by Gasteiger charge is -2.14. The number of halogens is 1. The number of rotatable bonds is 5. The van der Waals surface area contributed by atoms with Crippen LogP contribution in [0.5, 0.6) is 17.2 Å². The summed E-state index contributed by atoms with van der Waals surface area (Å²) < 4.78 is 16.6. The monoisotopic (exact) mass is 352 g/mol. The number of nitrogen functional groups attached to an aromatic ring is 1. The summed E-state index contributed by atoms with van der Waals surface area (Å²) >= 11 is 3.45. The van der Waals surface area contributed by atoms with Gasteiger partial charge in [-0.1, -0.05) is 0 Å². The molecule has 2 rings (SSSR count). The van der Waals surface area contributed by atoms with Crippen molar-refractivity contribution < 1.29 is 14.2 Å². The SMILES string of the molecule is COc1ccc(Nc2cc(OC)c(OC)cc2N)cc1Br. The summed E-state index contributed by atoms with van der Waals surface area (Å²) in [5.41, 5.74) is 8.21. The fraction of sp³-hybridized carbons (Fsp3) is 0.200. The van der Waals surface area contributed by atoms with Crippen molar-refractivity contribution in [3.63, 3.8) is 0 Å². The lowest BCUT2D eigenvalue weighted by molar-refractivity contribution is 0.355. The van der Waals surface area contributed by atoms with Gasteiger partial charge in [-0.15, -0.1) is 0 Å². The Labute approximate surface area is 132 Å². The van der Waals surface area contributed by atoms with Gasteiger partial charge in [-0.25, -0.2) is 0 Å². The molecule has 3 N–H and O–H groups in total. The number of hydrogen-bond donors (Lipinski definition) is 2. The van der Waals surface area contributed by atoms with Crippen LogP contribution >= 0.6 is 15.9 Å². The molecule has 0 heterocycles. The van der Waals surface area contributed by atoms with E-state index in [-0.39, 0.29) is 0 Å². The van der Waals surface area contributed by atoms with Gasteiger partial charge in [0.2, 0.25) is 0 Å². The highest BCUT2D eigenvalue weighted by molar-refractivity contribution is 9.10. The first kappa shape index (κ1) is 15.3. The quantitative estimate of drug-likeness (QED) is 0.801. The van der Waals surface area contributed by atoms with Crippen LogP contribution in [0.1, 0.15) is 0 Å². The minimum absolute atomic E-state index is 0.569. The van der Waals surface area contributed by atoms with Crippen LogP contribution in [-0.2, 0) is 0 Å². The number of anilines is 3. The van der Waals surface area contributed by atoms with E-state index in [2.05, 4.69) is 21.2 Å². The highest BCUT2D eigenvalue weighted by Gasteiger charge is 2.10. The Bertz CT molecular complexity index is 647. The van der Waals surface area contributed by atoms with Crippen LogP contribution in [0, 0.1) is 0 Å². The molecule has 0 aliphatic heterocycles. The Morgan fingerprint density at radius 1 is 0.905 bits per heavy atom. The third-order valence-electron chi connectivity index (χ3n) is 2.99. The first-order chi connectivity index (χ1) is 10.1. The van der Waals surface area contributed by atoms with Gasteiger partial charge < -0.3 is 25.3 Å². The van der Waals surface area contributed by atoms with Crippen LogP contribution in [-0.4, -0.2) is 21.3 Å². The van der Waals surface area contributed by atoms with Crippen molar-refractivity contribution in [2.75, 3.05) is 32.4 Å². The number of nitrogens with one attached hydrogen (secondary N) is 1. The molecule has 2 aromatic carbocycles. The second kappa shape index (κ2) is 6.58. The molecule has 0 aliphatic rings. The zero-order valence-corrected chi connectivity index (χ0v) is 13.7. The van der Waals surface area contributed by atoms with E-state index in [0.29, 0.717) is 17.2 Å². The zero-order valence-electron chi connectivity index (χ0n) is 12.1. The van der Waals surface area contributed by atoms with E-state index >= 15 is 0 Å². The minimum atomic E-state index is 0.569. The topological polar surface area (TPSA) is 65.7 Å². The van der Waals surface area contributed by atoms with E-state index in [9.17, 15) is 0 Å². The van der Waals surface area contributed by atoms with Gasteiger partial charge in [-0.2, -0.15) is 0 Å². The summed E-state index contributed by atoms with van der Waals surface area (Å²) in [6, 6.07) is 9.20. The maximum atomic E-state index is 6.03. The second-order valence-electron chi connectivity index (χ2n) is 4.27. The van der Waals surface area contributed by atoms with Crippen molar-refractivity contribution >= 4 is 33.0 Å².